The zero-order valence-corrected chi connectivity index (χ0v) is 15.5. The van der Waals surface area contributed by atoms with Gasteiger partial charge >= 0.3 is 0 Å². The highest BCUT2D eigenvalue weighted by Gasteiger charge is 2.23. The molecule has 130 valence electrons. The summed E-state index contributed by atoms with van der Waals surface area (Å²) in [5.41, 5.74) is 1.03. The van der Waals surface area contributed by atoms with Crippen molar-refractivity contribution < 1.29 is 4.79 Å². The SMILES string of the molecule is CC(C)c1nnc2n1CCN(Cc1csc(CC(=O)N(C)C)n1)C2. The lowest BCUT2D eigenvalue weighted by atomic mass is 10.2. The summed E-state index contributed by atoms with van der Waals surface area (Å²) in [6, 6.07) is 0. The molecule has 1 aliphatic heterocycles. The molecule has 0 atom stereocenters. The Balaban J connectivity index is 1.61. The van der Waals surface area contributed by atoms with Crippen LogP contribution in [0.2, 0.25) is 0 Å². The van der Waals surface area contributed by atoms with E-state index in [1.807, 2.05) is 0 Å². The largest absolute Gasteiger partial charge is 0.348 e. The lowest BCUT2D eigenvalue weighted by Crippen LogP contribution is -2.34. The molecule has 3 rings (SSSR count). The van der Waals surface area contributed by atoms with Crippen LogP contribution in [-0.4, -0.2) is 56.1 Å². The maximum Gasteiger partial charge on any atom is 0.228 e. The van der Waals surface area contributed by atoms with Gasteiger partial charge in [-0.05, 0) is 0 Å². The first-order chi connectivity index (χ1) is 11.4. The molecule has 0 bridgehead atoms. The molecule has 1 aliphatic rings. The molecule has 24 heavy (non-hydrogen) atoms. The lowest BCUT2D eigenvalue weighted by molar-refractivity contribution is -0.127. The van der Waals surface area contributed by atoms with Crippen LogP contribution in [0.3, 0.4) is 0 Å². The third kappa shape index (κ3) is 3.64. The maximum atomic E-state index is 11.8. The van der Waals surface area contributed by atoms with Gasteiger partial charge in [-0.2, -0.15) is 0 Å². The average Bonchev–Trinajstić information content (AvgIpc) is 3.13. The summed E-state index contributed by atoms with van der Waals surface area (Å²) in [6.45, 7) is 7.77. The number of likely N-dealkylation sites (N-methyl/N-ethyl adjacent to an activating group) is 1. The quantitative estimate of drug-likeness (QED) is 0.819. The molecule has 2 aromatic heterocycles. The molecule has 8 heteroatoms. The molecular formula is C16H24N6OS. The fourth-order valence-electron chi connectivity index (χ4n) is 2.81. The summed E-state index contributed by atoms with van der Waals surface area (Å²) in [5, 5.41) is 11.6. The molecule has 0 radical (unpaired) electrons. The molecule has 1 amide bonds. The zero-order valence-electron chi connectivity index (χ0n) is 14.7. The number of hydrogen-bond acceptors (Lipinski definition) is 6. The lowest BCUT2D eigenvalue weighted by Gasteiger charge is -2.27. The molecule has 7 nitrogen and oxygen atoms in total. The molecule has 0 aromatic carbocycles. The van der Waals surface area contributed by atoms with E-state index in [-0.39, 0.29) is 5.91 Å². The van der Waals surface area contributed by atoms with Crippen LogP contribution in [0.25, 0.3) is 0 Å². The van der Waals surface area contributed by atoms with Gasteiger partial charge in [-0.1, -0.05) is 13.8 Å². The molecule has 0 spiro atoms. The van der Waals surface area contributed by atoms with E-state index < -0.39 is 0 Å². The van der Waals surface area contributed by atoms with E-state index in [1.165, 1.54) is 0 Å². The summed E-state index contributed by atoms with van der Waals surface area (Å²) < 4.78 is 2.24. The molecule has 0 saturated heterocycles. The van der Waals surface area contributed by atoms with Crippen molar-refractivity contribution in [3.8, 4) is 0 Å². The van der Waals surface area contributed by atoms with Crippen molar-refractivity contribution in [1.29, 1.82) is 0 Å². The fraction of sp³-hybridized carbons (Fsp3) is 0.625. The van der Waals surface area contributed by atoms with Crippen LogP contribution in [0.5, 0.6) is 0 Å². The van der Waals surface area contributed by atoms with E-state index in [1.54, 1.807) is 30.3 Å². The summed E-state index contributed by atoms with van der Waals surface area (Å²) in [6.07, 6.45) is 0.379. The molecule has 0 unspecified atom stereocenters. The Hall–Kier alpha value is -1.80. The van der Waals surface area contributed by atoms with Gasteiger partial charge in [0, 0.05) is 45.0 Å². The Kier molecular flexibility index (Phi) is 4.96. The molecule has 0 saturated carbocycles. The van der Waals surface area contributed by atoms with E-state index in [0.717, 1.165) is 48.5 Å². The van der Waals surface area contributed by atoms with Crippen molar-refractivity contribution in [1.82, 2.24) is 29.5 Å². The molecule has 3 heterocycles. The topological polar surface area (TPSA) is 67.2 Å². The van der Waals surface area contributed by atoms with Gasteiger partial charge in [-0.3, -0.25) is 9.69 Å². The first-order valence-electron chi connectivity index (χ1n) is 8.21. The number of aromatic nitrogens is 4. The van der Waals surface area contributed by atoms with Crippen molar-refractivity contribution in [2.45, 2.75) is 45.8 Å². The number of nitrogens with zero attached hydrogens (tertiary/aromatic N) is 6. The molecule has 0 aliphatic carbocycles. The van der Waals surface area contributed by atoms with Crippen LogP contribution in [-0.2, 0) is 30.8 Å². The highest BCUT2D eigenvalue weighted by molar-refractivity contribution is 7.09. The predicted molar refractivity (Wildman–Crippen MR) is 92.7 cm³/mol. The second-order valence-electron chi connectivity index (χ2n) is 6.69. The third-order valence-electron chi connectivity index (χ3n) is 4.16. The first-order valence-corrected chi connectivity index (χ1v) is 9.09. The van der Waals surface area contributed by atoms with Gasteiger partial charge in [0.25, 0.3) is 0 Å². The van der Waals surface area contributed by atoms with Gasteiger partial charge in [0.1, 0.15) is 16.7 Å². The van der Waals surface area contributed by atoms with Crippen molar-refractivity contribution in [3.05, 3.63) is 27.7 Å². The van der Waals surface area contributed by atoms with E-state index in [0.29, 0.717) is 12.3 Å². The monoisotopic (exact) mass is 348 g/mol. The Morgan fingerprint density at radius 3 is 2.83 bits per heavy atom. The van der Waals surface area contributed by atoms with E-state index >= 15 is 0 Å². The van der Waals surface area contributed by atoms with Crippen molar-refractivity contribution in [3.63, 3.8) is 0 Å². The minimum Gasteiger partial charge on any atom is -0.348 e. The number of thiazole rings is 1. The fourth-order valence-corrected chi connectivity index (χ4v) is 3.59. The summed E-state index contributed by atoms with van der Waals surface area (Å²) in [5.74, 6) is 2.59. The van der Waals surface area contributed by atoms with Gasteiger partial charge in [-0.15, -0.1) is 21.5 Å². The Labute approximate surface area is 146 Å². The minimum atomic E-state index is 0.0863. The van der Waals surface area contributed by atoms with E-state index in [4.69, 9.17) is 0 Å². The molecule has 2 aromatic rings. The minimum absolute atomic E-state index is 0.0863. The molecule has 0 fully saturated rings. The average molecular weight is 348 g/mol. The zero-order chi connectivity index (χ0) is 17.3. The first kappa shape index (κ1) is 17.0. The van der Waals surface area contributed by atoms with Crippen molar-refractivity contribution in [2.24, 2.45) is 0 Å². The van der Waals surface area contributed by atoms with E-state index in [2.05, 4.69) is 43.9 Å². The number of amides is 1. The van der Waals surface area contributed by atoms with Gasteiger partial charge in [0.05, 0.1) is 18.7 Å². The van der Waals surface area contributed by atoms with Gasteiger partial charge < -0.3 is 9.47 Å². The van der Waals surface area contributed by atoms with Crippen molar-refractivity contribution in [2.75, 3.05) is 20.6 Å². The highest BCUT2D eigenvalue weighted by Crippen LogP contribution is 2.20. The third-order valence-corrected chi connectivity index (χ3v) is 5.06. The molecule has 0 N–H and O–H groups in total. The van der Waals surface area contributed by atoms with Crippen LogP contribution in [0.1, 0.15) is 42.1 Å². The number of rotatable bonds is 5. The maximum absolute atomic E-state index is 11.8. The van der Waals surface area contributed by atoms with Crippen LogP contribution < -0.4 is 0 Å². The number of carbonyl (C=O) groups is 1. The Bertz CT molecular complexity index is 720. The second-order valence-corrected chi connectivity index (χ2v) is 7.63. The Morgan fingerprint density at radius 2 is 2.12 bits per heavy atom. The Morgan fingerprint density at radius 1 is 1.33 bits per heavy atom. The predicted octanol–water partition coefficient (Wildman–Crippen LogP) is 1.50. The van der Waals surface area contributed by atoms with Gasteiger partial charge in [0.2, 0.25) is 5.91 Å². The van der Waals surface area contributed by atoms with Crippen LogP contribution >= 0.6 is 11.3 Å². The number of fused-ring (bicyclic) bond motifs is 1. The number of carbonyl (C=O) groups excluding carboxylic acids is 1. The van der Waals surface area contributed by atoms with Gasteiger partial charge in [0.15, 0.2) is 0 Å². The standard InChI is InChI=1S/C16H24N6OS/c1-11(2)16-19-18-13-9-21(5-6-22(13)16)8-12-10-24-14(17-12)7-15(23)20(3)4/h10-11H,5-9H2,1-4H3. The molecular weight excluding hydrogens is 324 g/mol. The number of hydrogen-bond donors (Lipinski definition) is 0. The van der Waals surface area contributed by atoms with E-state index in [9.17, 15) is 4.79 Å². The van der Waals surface area contributed by atoms with Gasteiger partial charge in [-0.25, -0.2) is 4.98 Å². The van der Waals surface area contributed by atoms with Crippen LogP contribution in [0, 0.1) is 0 Å². The second kappa shape index (κ2) is 6.98. The highest BCUT2D eigenvalue weighted by atomic mass is 32.1. The normalized spacial score (nSPS) is 14.9. The smallest absolute Gasteiger partial charge is 0.228 e. The summed E-state index contributed by atoms with van der Waals surface area (Å²) in [4.78, 5) is 20.3. The van der Waals surface area contributed by atoms with Crippen LogP contribution in [0.15, 0.2) is 5.38 Å². The van der Waals surface area contributed by atoms with Crippen molar-refractivity contribution >= 4 is 17.2 Å². The van der Waals surface area contributed by atoms with Crippen LogP contribution in [0.4, 0.5) is 0 Å². The summed E-state index contributed by atoms with van der Waals surface area (Å²) in [7, 11) is 3.54. The summed E-state index contributed by atoms with van der Waals surface area (Å²) >= 11 is 1.56.